The molecule has 2 aromatic rings. The highest BCUT2D eigenvalue weighted by atomic mass is 16.3. The monoisotopic (exact) mass is 427 g/mol. The minimum absolute atomic E-state index is 0.117. The molecule has 2 fully saturated rings. The Balaban J connectivity index is 1.34. The summed E-state index contributed by atoms with van der Waals surface area (Å²) in [6.07, 6.45) is 7.83. The van der Waals surface area contributed by atoms with Crippen molar-refractivity contribution in [2.24, 2.45) is 22.7 Å². The van der Waals surface area contributed by atoms with Crippen LogP contribution in [0.3, 0.4) is 0 Å². The van der Waals surface area contributed by atoms with Gasteiger partial charge in [-0.3, -0.25) is 0 Å². The summed E-state index contributed by atoms with van der Waals surface area (Å²) in [5.41, 5.74) is 5.14. The van der Waals surface area contributed by atoms with Gasteiger partial charge in [-0.2, -0.15) is 5.26 Å². The van der Waals surface area contributed by atoms with Crippen LogP contribution in [0.25, 0.3) is 0 Å². The quantitative estimate of drug-likeness (QED) is 0.608. The van der Waals surface area contributed by atoms with E-state index in [1.807, 2.05) is 12.1 Å². The molecular formula is C29H33NO2. The number of phenols is 1. The zero-order valence-electron chi connectivity index (χ0n) is 19.2. The summed E-state index contributed by atoms with van der Waals surface area (Å²) >= 11 is 0. The molecule has 4 aliphatic carbocycles. The van der Waals surface area contributed by atoms with E-state index in [-0.39, 0.29) is 10.8 Å². The van der Waals surface area contributed by atoms with E-state index in [0.717, 1.165) is 56.9 Å². The van der Waals surface area contributed by atoms with Gasteiger partial charge >= 0.3 is 0 Å². The molecule has 0 spiro atoms. The lowest BCUT2D eigenvalue weighted by atomic mass is 9.52. The molecule has 6 rings (SSSR count). The van der Waals surface area contributed by atoms with Crippen molar-refractivity contribution in [3.8, 4) is 11.8 Å². The molecule has 6 atom stereocenters. The first kappa shape index (κ1) is 20.3. The molecule has 0 radical (unpaired) electrons. The highest BCUT2D eigenvalue weighted by Gasteiger charge is 2.62. The Morgan fingerprint density at radius 3 is 2.56 bits per heavy atom. The summed E-state index contributed by atoms with van der Waals surface area (Å²) in [5, 5.41) is 31.8. The predicted octanol–water partition coefficient (Wildman–Crippen LogP) is 5.76. The van der Waals surface area contributed by atoms with Crippen molar-refractivity contribution in [1.29, 1.82) is 5.26 Å². The maximum absolute atomic E-state index is 12.3. The lowest BCUT2D eigenvalue weighted by Gasteiger charge is -2.53. The van der Waals surface area contributed by atoms with Gasteiger partial charge in [-0.15, -0.1) is 0 Å². The van der Waals surface area contributed by atoms with Crippen LogP contribution < -0.4 is 0 Å². The molecule has 1 unspecified atom stereocenters. The number of aromatic hydroxyl groups is 1. The molecular weight excluding hydrogens is 394 g/mol. The molecule has 0 aromatic heterocycles. The molecule has 0 saturated heterocycles. The van der Waals surface area contributed by atoms with E-state index in [0.29, 0.717) is 23.5 Å². The maximum Gasteiger partial charge on any atom is 0.115 e. The van der Waals surface area contributed by atoms with Gasteiger partial charge in [0.05, 0.1) is 17.1 Å². The maximum atomic E-state index is 12.3. The number of aryl methyl sites for hydroxylation is 1. The fourth-order valence-electron chi connectivity index (χ4n) is 8.26. The molecule has 4 aliphatic rings. The van der Waals surface area contributed by atoms with E-state index in [9.17, 15) is 15.5 Å². The van der Waals surface area contributed by atoms with Crippen LogP contribution in [0.5, 0.6) is 5.75 Å². The standard InChI is InChI=1S/C29H33NO2/c1-27(17-30)15-19-3-5-21(13-20(19)16-27)29(32)12-10-26-25-7-4-18-14-22(31)6-8-23(18)24(25)9-11-28(26,29)2/h3,5-6,8,13-14,24-26,31-32H,4,7,9-12,15-16H2,1-2H3/t24-,25-,26+,27?,28+,29-/m1/s1. The predicted molar refractivity (Wildman–Crippen MR) is 124 cm³/mol. The van der Waals surface area contributed by atoms with Crippen LogP contribution in [0.4, 0.5) is 0 Å². The van der Waals surface area contributed by atoms with Crippen LogP contribution >= 0.6 is 0 Å². The number of rotatable bonds is 1. The van der Waals surface area contributed by atoms with Crippen LogP contribution in [0.15, 0.2) is 36.4 Å². The van der Waals surface area contributed by atoms with Crippen molar-refractivity contribution in [2.75, 3.05) is 0 Å². The average Bonchev–Trinajstić information content (AvgIpc) is 3.27. The normalized spacial score (nSPS) is 39.5. The Morgan fingerprint density at radius 2 is 1.75 bits per heavy atom. The number of hydrogen-bond donors (Lipinski definition) is 2. The number of hydrogen-bond acceptors (Lipinski definition) is 3. The largest absolute Gasteiger partial charge is 0.508 e. The Kier molecular flexibility index (Phi) is 4.19. The van der Waals surface area contributed by atoms with Crippen molar-refractivity contribution >= 4 is 0 Å². The highest BCUT2D eigenvalue weighted by molar-refractivity contribution is 5.44. The SMILES string of the molecule is CC1(C#N)Cc2ccc([C@]3(O)CC[C@H]4[C@@H]5CCc6cc(O)ccc6[C@H]5CC[C@@]43C)cc2C1. The van der Waals surface area contributed by atoms with E-state index in [4.69, 9.17) is 0 Å². The van der Waals surface area contributed by atoms with Crippen molar-refractivity contribution in [3.63, 3.8) is 0 Å². The van der Waals surface area contributed by atoms with Crippen LogP contribution in [0, 0.1) is 34.0 Å². The first-order chi connectivity index (χ1) is 15.3. The average molecular weight is 428 g/mol. The first-order valence-corrected chi connectivity index (χ1v) is 12.3. The molecule has 0 bridgehead atoms. The fourth-order valence-corrected chi connectivity index (χ4v) is 8.26. The summed E-state index contributed by atoms with van der Waals surface area (Å²) in [6, 6.07) is 15.0. The number of nitrogens with zero attached hydrogens (tertiary/aromatic N) is 1. The number of phenolic OH excluding ortho intramolecular Hbond substituents is 1. The van der Waals surface area contributed by atoms with Gasteiger partial charge in [-0.1, -0.05) is 31.2 Å². The minimum atomic E-state index is -0.793. The zero-order valence-corrected chi connectivity index (χ0v) is 19.2. The second kappa shape index (κ2) is 6.61. The number of aliphatic hydroxyl groups is 1. The van der Waals surface area contributed by atoms with Gasteiger partial charge in [-0.05, 0) is 116 Å². The summed E-state index contributed by atoms with van der Waals surface area (Å²) in [4.78, 5) is 0. The summed E-state index contributed by atoms with van der Waals surface area (Å²) in [7, 11) is 0. The highest BCUT2D eigenvalue weighted by Crippen LogP contribution is 2.67. The van der Waals surface area contributed by atoms with Crippen molar-refractivity contribution in [1.82, 2.24) is 0 Å². The summed E-state index contributed by atoms with van der Waals surface area (Å²) < 4.78 is 0. The molecule has 0 heterocycles. The molecule has 166 valence electrons. The summed E-state index contributed by atoms with van der Waals surface area (Å²) in [6.45, 7) is 4.40. The number of fused-ring (bicyclic) bond motifs is 6. The second-order valence-corrected chi connectivity index (χ2v) is 11.7. The molecule has 0 aliphatic heterocycles. The van der Waals surface area contributed by atoms with Gasteiger partial charge in [-0.25, -0.2) is 0 Å². The lowest BCUT2D eigenvalue weighted by Crippen LogP contribution is -2.49. The molecule has 2 saturated carbocycles. The van der Waals surface area contributed by atoms with E-state index in [2.05, 4.69) is 44.2 Å². The van der Waals surface area contributed by atoms with Crippen LogP contribution in [-0.2, 0) is 24.9 Å². The van der Waals surface area contributed by atoms with Crippen LogP contribution in [0.1, 0.15) is 79.7 Å². The minimum Gasteiger partial charge on any atom is -0.508 e. The zero-order chi connectivity index (χ0) is 22.3. The van der Waals surface area contributed by atoms with Gasteiger partial charge in [0.2, 0.25) is 0 Å². The topological polar surface area (TPSA) is 64.2 Å². The van der Waals surface area contributed by atoms with Gasteiger partial charge in [0, 0.05) is 5.41 Å². The molecule has 3 nitrogen and oxygen atoms in total. The molecule has 3 heteroatoms. The molecule has 32 heavy (non-hydrogen) atoms. The van der Waals surface area contributed by atoms with Crippen molar-refractivity contribution < 1.29 is 10.2 Å². The number of nitriles is 1. The van der Waals surface area contributed by atoms with E-state index < -0.39 is 5.60 Å². The third-order valence-electron chi connectivity index (χ3n) is 9.98. The number of benzene rings is 2. The van der Waals surface area contributed by atoms with E-state index >= 15 is 0 Å². The third-order valence-corrected chi connectivity index (χ3v) is 9.98. The second-order valence-electron chi connectivity index (χ2n) is 11.7. The summed E-state index contributed by atoms with van der Waals surface area (Å²) in [5.74, 6) is 2.06. The van der Waals surface area contributed by atoms with Gasteiger partial charge < -0.3 is 10.2 Å². The third kappa shape index (κ3) is 2.62. The Labute approximate surface area is 191 Å². The van der Waals surface area contributed by atoms with E-state index in [1.54, 1.807) is 0 Å². The first-order valence-electron chi connectivity index (χ1n) is 12.3. The molecule has 2 aromatic carbocycles. The van der Waals surface area contributed by atoms with Crippen LogP contribution in [-0.4, -0.2) is 10.2 Å². The lowest BCUT2D eigenvalue weighted by molar-refractivity contribution is -0.108. The Hall–Kier alpha value is -2.31. The van der Waals surface area contributed by atoms with Crippen molar-refractivity contribution in [2.45, 2.75) is 76.7 Å². The Morgan fingerprint density at radius 1 is 0.938 bits per heavy atom. The molecule has 0 amide bonds. The van der Waals surface area contributed by atoms with Gasteiger partial charge in [0.15, 0.2) is 0 Å². The van der Waals surface area contributed by atoms with Crippen LogP contribution in [0.2, 0.25) is 0 Å². The van der Waals surface area contributed by atoms with Crippen molar-refractivity contribution in [3.05, 3.63) is 64.2 Å². The fraction of sp³-hybridized carbons (Fsp3) is 0.552. The molecule has 2 N–H and O–H groups in total. The van der Waals surface area contributed by atoms with Gasteiger partial charge in [0.1, 0.15) is 5.75 Å². The Bertz CT molecular complexity index is 1150. The smallest absolute Gasteiger partial charge is 0.115 e. The van der Waals surface area contributed by atoms with E-state index in [1.165, 1.54) is 22.3 Å². The van der Waals surface area contributed by atoms with Gasteiger partial charge in [0.25, 0.3) is 0 Å².